The average Bonchev–Trinajstić information content (AvgIpc) is 2.99. The third kappa shape index (κ3) is 4.13. The maximum atomic E-state index is 12.7. The minimum absolute atomic E-state index is 0.0380. The molecule has 0 aliphatic carbocycles. The normalized spacial score (nSPS) is 13.7. The van der Waals surface area contributed by atoms with E-state index in [1.165, 1.54) is 17.3 Å². The number of ether oxygens (including phenoxy) is 1. The van der Waals surface area contributed by atoms with Gasteiger partial charge in [0.25, 0.3) is 0 Å². The smallest absolute Gasteiger partial charge is 0.343 e. The lowest BCUT2D eigenvalue weighted by Gasteiger charge is -2.29. The number of amides is 1. The van der Waals surface area contributed by atoms with Crippen molar-refractivity contribution in [3.8, 4) is 0 Å². The molecular weight excluding hydrogens is 340 g/mol. The van der Waals surface area contributed by atoms with Gasteiger partial charge in [0.05, 0.1) is 5.75 Å². The van der Waals surface area contributed by atoms with E-state index in [0.29, 0.717) is 18.3 Å². The summed E-state index contributed by atoms with van der Waals surface area (Å²) in [5, 5.41) is 7.03. The highest BCUT2D eigenvalue weighted by Crippen LogP contribution is 2.27. The van der Waals surface area contributed by atoms with Gasteiger partial charge in [-0.25, -0.2) is 9.89 Å². The van der Waals surface area contributed by atoms with Crippen molar-refractivity contribution in [1.82, 2.24) is 14.8 Å². The molecule has 0 spiro atoms. The number of nitrogens with one attached hydrogen (secondary N) is 1. The predicted molar refractivity (Wildman–Crippen MR) is 97.2 cm³/mol. The molecule has 1 N–H and O–H groups in total. The number of benzene rings is 1. The zero-order valence-electron chi connectivity index (χ0n) is 14.2. The number of hydrogen-bond donors (Lipinski definition) is 1. The fraction of sp³-hybridized carbons (Fsp3) is 0.471. The average molecular weight is 362 g/mol. The number of hydrogen-bond acceptors (Lipinski definition) is 5. The van der Waals surface area contributed by atoms with Crippen LogP contribution < -0.4 is 10.6 Å². The van der Waals surface area contributed by atoms with E-state index in [1.807, 2.05) is 23.1 Å². The second-order valence-electron chi connectivity index (χ2n) is 5.88. The highest BCUT2D eigenvalue weighted by molar-refractivity contribution is 7.99. The van der Waals surface area contributed by atoms with Crippen molar-refractivity contribution >= 4 is 23.4 Å². The van der Waals surface area contributed by atoms with Crippen molar-refractivity contribution < 1.29 is 9.53 Å². The molecule has 1 aromatic carbocycles. The number of carbonyl (C=O) groups excluding carboxylic acids is 1. The SMILES string of the molecule is COCCCn1c(SCC(=O)N2CCCc3ccccc32)n[nH]c1=O. The summed E-state index contributed by atoms with van der Waals surface area (Å²) in [4.78, 5) is 26.4. The first-order chi connectivity index (χ1) is 12.2. The number of thioether (sulfide) groups is 1. The van der Waals surface area contributed by atoms with Crippen molar-refractivity contribution in [2.45, 2.75) is 31.0 Å². The lowest BCUT2D eigenvalue weighted by atomic mass is 10.0. The molecule has 0 atom stereocenters. The summed E-state index contributed by atoms with van der Waals surface area (Å²) >= 11 is 1.29. The quantitative estimate of drug-likeness (QED) is 0.599. The van der Waals surface area contributed by atoms with Gasteiger partial charge in [0, 0.05) is 32.5 Å². The first kappa shape index (κ1) is 17.8. The van der Waals surface area contributed by atoms with E-state index in [2.05, 4.69) is 16.3 Å². The summed E-state index contributed by atoms with van der Waals surface area (Å²) in [5.74, 6) is 0.291. The summed E-state index contributed by atoms with van der Waals surface area (Å²) in [6, 6.07) is 8.03. The molecule has 2 heterocycles. The van der Waals surface area contributed by atoms with E-state index in [-0.39, 0.29) is 17.3 Å². The molecule has 134 valence electrons. The fourth-order valence-electron chi connectivity index (χ4n) is 2.97. The number of aryl methyl sites for hydroxylation is 1. The standard InChI is InChI=1S/C17H22N4O3S/c1-24-11-5-10-21-16(23)18-19-17(21)25-12-15(22)20-9-4-7-13-6-2-3-8-14(13)20/h2-3,6,8H,4-5,7,9-12H2,1H3,(H,18,23). The van der Waals surface area contributed by atoms with E-state index in [0.717, 1.165) is 31.5 Å². The van der Waals surface area contributed by atoms with Gasteiger partial charge >= 0.3 is 5.69 Å². The molecule has 25 heavy (non-hydrogen) atoms. The third-order valence-corrected chi connectivity index (χ3v) is 5.15. The van der Waals surface area contributed by atoms with Crippen LogP contribution in [0.5, 0.6) is 0 Å². The van der Waals surface area contributed by atoms with Gasteiger partial charge in [-0.3, -0.25) is 9.36 Å². The molecule has 3 rings (SSSR count). The zero-order chi connectivity index (χ0) is 17.6. The van der Waals surface area contributed by atoms with Crippen molar-refractivity contribution in [3.05, 3.63) is 40.3 Å². The Hall–Kier alpha value is -2.06. The second kappa shape index (κ2) is 8.35. The lowest BCUT2D eigenvalue weighted by molar-refractivity contribution is -0.116. The van der Waals surface area contributed by atoms with Gasteiger partial charge in [0.2, 0.25) is 5.91 Å². The van der Waals surface area contributed by atoms with Crippen molar-refractivity contribution in [3.63, 3.8) is 0 Å². The minimum atomic E-state index is -0.255. The summed E-state index contributed by atoms with van der Waals surface area (Å²) in [7, 11) is 1.63. The topological polar surface area (TPSA) is 80.2 Å². The molecule has 0 bridgehead atoms. The number of aromatic amines is 1. The predicted octanol–water partition coefficient (Wildman–Crippen LogP) is 1.68. The van der Waals surface area contributed by atoms with Gasteiger partial charge in [0.15, 0.2) is 5.16 Å². The lowest BCUT2D eigenvalue weighted by Crippen LogP contribution is -2.36. The van der Waals surface area contributed by atoms with Crippen LogP contribution >= 0.6 is 11.8 Å². The third-order valence-electron chi connectivity index (χ3n) is 4.19. The zero-order valence-corrected chi connectivity index (χ0v) is 15.1. The first-order valence-corrected chi connectivity index (χ1v) is 9.34. The number of fused-ring (bicyclic) bond motifs is 1. The Kier molecular flexibility index (Phi) is 5.93. The van der Waals surface area contributed by atoms with Gasteiger partial charge < -0.3 is 9.64 Å². The van der Waals surface area contributed by atoms with E-state index in [1.54, 1.807) is 11.7 Å². The van der Waals surface area contributed by atoms with Gasteiger partial charge in [0.1, 0.15) is 0 Å². The summed E-state index contributed by atoms with van der Waals surface area (Å²) in [6.45, 7) is 1.83. The number of para-hydroxylation sites is 1. The van der Waals surface area contributed by atoms with Crippen LogP contribution in [0.25, 0.3) is 0 Å². The molecule has 0 radical (unpaired) electrons. The van der Waals surface area contributed by atoms with Crippen LogP contribution in [0.3, 0.4) is 0 Å². The number of H-pyrrole nitrogens is 1. The molecule has 2 aromatic rings. The Morgan fingerprint density at radius 1 is 1.40 bits per heavy atom. The Morgan fingerprint density at radius 2 is 2.24 bits per heavy atom. The number of aromatic nitrogens is 3. The Morgan fingerprint density at radius 3 is 3.08 bits per heavy atom. The maximum absolute atomic E-state index is 12.7. The van der Waals surface area contributed by atoms with Gasteiger partial charge in [-0.1, -0.05) is 30.0 Å². The highest BCUT2D eigenvalue weighted by Gasteiger charge is 2.22. The number of rotatable bonds is 7. The molecule has 1 aromatic heterocycles. The summed E-state index contributed by atoms with van der Waals surface area (Å²) in [5.41, 5.74) is 1.96. The largest absolute Gasteiger partial charge is 0.385 e. The maximum Gasteiger partial charge on any atom is 0.343 e. The van der Waals surface area contributed by atoms with Gasteiger partial charge in [-0.05, 0) is 30.9 Å². The van der Waals surface area contributed by atoms with Gasteiger partial charge in [-0.15, -0.1) is 5.10 Å². The number of carbonyl (C=O) groups is 1. The molecule has 7 nitrogen and oxygen atoms in total. The van der Waals surface area contributed by atoms with Crippen molar-refractivity contribution in [2.75, 3.05) is 30.9 Å². The van der Waals surface area contributed by atoms with Crippen LogP contribution in [-0.4, -0.2) is 46.7 Å². The van der Waals surface area contributed by atoms with E-state index >= 15 is 0 Å². The first-order valence-electron chi connectivity index (χ1n) is 8.36. The molecular formula is C17H22N4O3S. The van der Waals surface area contributed by atoms with Crippen LogP contribution in [0.1, 0.15) is 18.4 Å². The fourth-order valence-corrected chi connectivity index (χ4v) is 3.82. The Bertz CT molecular complexity index is 786. The van der Waals surface area contributed by atoms with Crippen LogP contribution in [0.15, 0.2) is 34.2 Å². The number of methoxy groups -OCH3 is 1. The number of nitrogens with zero attached hydrogens (tertiary/aromatic N) is 3. The van der Waals surface area contributed by atoms with Crippen LogP contribution in [-0.2, 0) is 22.5 Å². The number of anilines is 1. The molecule has 0 fully saturated rings. The van der Waals surface area contributed by atoms with Crippen LogP contribution in [0, 0.1) is 0 Å². The summed E-state index contributed by atoms with van der Waals surface area (Å²) in [6.07, 6.45) is 2.69. The monoisotopic (exact) mass is 362 g/mol. The Balaban J connectivity index is 1.65. The molecule has 0 unspecified atom stereocenters. The summed E-state index contributed by atoms with van der Waals surface area (Å²) < 4.78 is 6.57. The van der Waals surface area contributed by atoms with Crippen molar-refractivity contribution in [2.24, 2.45) is 0 Å². The van der Waals surface area contributed by atoms with Crippen LogP contribution in [0.2, 0.25) is 0 Å². The second-order valence-corrected chi connectivity index (χ2v) is 6.82. The molecule has 1 amide bonds. The molecule has 1 aliphatic rings. The molecule has 0 saturated heterocycles. The molecule has 1 aliphatic heterocycles. The van der Waals surface area contributed by atoms with E-state index in [4.69, 9.17) is 4.74 Å². The van der Waals surface area contributed by atoms with Crippen molar-refractivity contribution in [1.29, 1.82) is 0 Å². The Labute approximate surface area is 150 Å². The van der Waals surface area contributed by atoms with E-state index in [9.17, 15) is 9.59 Å². The van der Waals surface area contributed by atoms with Gasteiger partial charge in [-0.2, -0.15) is 0 Å². The van der Waals surface area contributed by atoms with Crippen LogP contribution in [0.4, 0.5) is 5.69 Å². The minimum Gasteiger partial charge on any atom is -0.385 e. The molecule has 0 saturated carbocycles. The molecule has 8 heteroatoms. The van der Waals surface area contributed by atoms with E-state index < -0.39 is 0 Å². The highest BCUT2D eigenvalue weighted by atomic mass is 32.2.